The normalized spacial score (nSPS) is 24.8. The van der Waals surface area contributed by atoms with Gasteiger partial charge < -0.3 is 10.6 Å². The number of nitrogens with one attached hydrogen (secondary N) is 2. The number of hydrogen-bond donors (Lipinski definition) is 2. The van der Waals surface area contributed by atoms with Crippen molar-refractivity contribution in [3.05, 3.63) is 24.3 Å². The van der Waals surface area contributed by atoms with Crippen LogP contribution >= 0.6 is 24.8 Å². The van der Waals surface area contributed by atoms with Crippen LogP contribution < -0.4 is 10.6 Å². The van der Waals surface area contributed by atoms with Gasteiger partial charge in [-0.3, -0.25) is 0 Å². The Labute approximate surface area is 180 Å². The van der Waals surface area contributed by atoms with Crippen LogP contribution in [0.3, 0.4) is 0 Å². The van der Waals surface area contributed by atoms with Gasteiger partial charge in [-0.2, -0.15) is 8.61 Å². The third-order valence-corrected chi connectivity index (χ3v) is 8.47. The molecule has 0 unspecified atom stereocenters. The highest BCUT2D eigenvalue weighted by molar-refractivity contribution is 7.90. The maximum atomic E-state index is 12.9. The van der Waals surface area contributed by atoms with Gasteiger partial charge in [-0.1, -0.05) is 6.07 Å². The molecule has 162 valence electrons. The molecule has 3 rings (SSSR count). The zero-order valence-electron chi connectivity index (χ0n) is 15.9. The maximum Gasteiger partial charge on any atom is 0.243 e. The number of halogens is 2. The fourth-order valence-electron chi connectivity index (χ4n) is 3.32. The predicted molar refractivity (Wildman–Crippen MR) is 113 cm³/mol. The second-order valence-electron chi connectivity index (χ2n) is 6.91. The van der Waals surface area contributed by atoms with Gasteiger partial charge in [0.15, 0.2) is 0 Å². The van der Waals surface area contributed by atoms with E-state index in [4.69, 9.17) is 0 Å². The lowest BCUT2D eigenvalue weighted by atomic mass is 10.3. The summed E-state index contributed by atoms with van der Waals surface area (Å²) < 4.78 is 54.5. The summed E-state index contributed by atoms with van der Waals surface area (Å²) in [5.41, 5.74) is 0. The van der Waals surface area contributed by atoms with Crippen molar-refractivity contribution >= 4 is 44.9 Å². The Hall–Kier alpha value is -0.460. The molecule has 0 bridgehead atoms. The summed E-state index contributed by atoms with van der Waals surface area (Å²) in [6, 6.07) is 5.82. The van der Waals surface area contributed by atoms with Gasteiger partial charge in [0.1, 0.15) is 0 Å². The molecule has 0 aliphatic carbocycles. The van der Waals surface area contributed by atoms with Gasteiger partial charge in [0.05, 0.1) is 9.79 Å². The van der Waals surface area contributed by atoms with Gasteiger partial charge in [-0.05, 0) is 32.0 Å². The molecule has 1 aromatic rings. The highest BCUT2D eigenvalue weighted by Crippen LogP contribution is 2.23. The zero-order valence-corrected chi connectivity index (χ0v) is 19.1. The lowest BCUT2D eigenvalue weighted by Gasteiger charge is -2.32. The second-order valence-corrected chi connectivity index (χ2v) is 10.8. The van der Waals surface area contributed by atoms with E-state index in [1.165, 1.54) is 32.9 Å². The van der Waals surface area contributed by atoms with Crippen LogP contribution in [0.5, 0.6) is 0 Å². The Balaban J connectivity index is 0.00000196. The van der Waals surface area contributed by atoms with Crippen molar-refractivity contribution in [3.8, 4) is 0 Å². The summed E-state index contributed by atoms with van der Waals surface area (Å²) >= 11 is 0. The molecule has 2 atom stereocenters. The highest BCUT2D eigenvalue weighted by atomic mass is 35.5. The van der Waals surface area contributed by atoms with E-state index in [9.17, 15) is 16.8 Å². The van der Waals surface area contributed by atoms with Crippen molar-refractivity contribution in [1.29, 1.82) is 0 Å². The van der Waals surface area contributed by atoms with Crippen LogP contribution in [0.4, 0.5) is 0 Å². The summed E-state index contributed by atoms with van der Waals surface area (Å²) in [5, 5.41) is 6.41. The van der Waals surface area contributed by atoms with E-state index in [0.29, 0.717) is 39.3 Å². The molecule has 2 heterocycles. The number of piperazine rings is 2. The summed E-state index contributed by atoms with van der Waals surface area (Å²) in [7, 11) is -7.44. The van der Waals surface area contributed by atoms with Crippen LogP contribution in [0.25, 0.3) is 0 Å². The van der Waals surface area contributed by atoms with E-state index in [1.54, 1.807) is 0 Å². The van der Waals surface area contributed by atoms with Crippen molar-refractivity contribution < 1.29 is 16.8 Å². The third-order valence-electron chi connectivity index (χ3n) is 4.74. The monoisotopic (exact) mass is 474 g/mol. The van der Waals surface area contributed by atoms with Crippen molar-refractivity contribution in [2.75, 3.05) is 39.3 Å². The van der Waals surface area contributed by atoms with E-state index in [2.05, 4.69) is 10.6 Å². The molecule has 2 saturated heterocycles. The molecular formula is C16H28Cl2N4O4S2. The molecule has 2 aliphatic heterocycles. The number of hydrogen-bond acceptors (Lipinski definition) is 6. The summed E-state index contributed by atoms with van der Waals surface area (Å²) in [4.78, 5) is 0.0479. The van der Waals surface area contributed by atoms with Gasteiger partial charge in [0, 0.05) is 51.4 Å². The summed E-state index contributed by atoms with van der Waals surface area (Å²) in [6.07, 6.45) is 0. The van der Waals surface area contributed by atoms with Crippen molar-refractivity contribution in [2.24, 2.45) is 0 Å². The SMILES string of the molecule is C[C@@H]1CN(S(=O)(=O)c2cccc(S(=O)(=O)N3CCN[C@H](C)C3)c2)CCN1.Cl.Cl. The molecule has 2 fully saturated rings. The van der Waals surface area contributed by atoms with Gasteiger partial charge in [0.25, 0.3) is 0 Å². The first-order chi connectivity index (χ1) is 12.2. The van der Waals surface area contributed by atoms with Crippen LogP contribution in [0.2, 0.25) is 0 Å². The van der Waals surface area contributed by atoms with Crippen LogP contribution in [0.15, 0.2) is 34.1 Å². The Morgan fingerprint density at radius 3 is 1.57 bits per heavy atom. The van der Waals surface area contributed by atoms with Crippen LogP contribution in [-0.2, 0) is 20.0 Å². The molecule has 0 amide bonds. The molecule has 2 aliphatic rings. The molecule has 0 radical (unpaired) electrons. The van der Waals surface area contributed by atoms with E-state index in [1.807, 2.05) is 13.8 Å². The average Bonchev–Trinajstić information content (AvgIpc) is 2.62. The largest absolute Gasteiger partial charge is 0.312 e. The molecule has 1 aromatic carbocycles. The summed E-state index contributed by atoms with van der Waals surface area (Å²) in [5.74, 6) is 0. The first kappa shape index (κ1) is 25.6. The standard InChI is InChI=1S/C16H26N4O4S2.2ClH/c1-13-11-19(8-6-17-13)25(21,22)15-4-3-5-16(10-15)26(23,24)20-9-7-18-14(2)12-20;;/h3-5,10,13-14,17-18H,6-9,11-12H2,1-2H3;2*1H/t13-,14-;;/m1../s1. The molecular weight excluding hydrogens is 447 g/mol. The Bertz CT molecular complexity index is 800. The minimum Gasteiger partial charge on any atom is -0.312 e. The number of sulfonamides is 2. The Morgan fingerprint density at radius 2 is 1.21 bits per heavy atom. The lowest BCUT2D eigenvalue weighted by Crippen LogP contribution is -2.51. The van der Waals surface area contributed by atoms with E-state index in [-0.39, 0.29) is 46.7 Å². The fourth-order valence-corrected chi connectivity index (χ4v) is 6.55. The molecule has 2 N–H and O–H groups in total. The molecule has 0 spiro atoms. The molecule has 0 saturated carbocycles. The van der Waals surface area contributed by atoms with Crippen LogP contribution in [0, 0.1) is 0 Å². The van der Waals surface area contributed by atoms with Gasteiger partial charge >= 0.3 is 0 Å². The Kier molecular flexibility index (Phi) is 9.16. The fraction of sp³-hybridized carbons (Fsp3) is 0.625. The van der Waals surface area contributed by atoms with Crippen molar-refractivity contribution in [1.82, 2.24) is 19.2 Å². The van der Waals surface area contributed by atoms with Gasteiger partial charge in [-0.15, -0.1) is 24.8 Å². The van der Waals surface area contributed by atoms with Crippen LogP contribution in [-0.4, -0.2) is 76.8 Å². The third kappa shape index (κ3) is 5.37. The summed E-state index contributed by atoms with van der Waals surface area (Å²) in [6.45, 7) is 6.50. The highest BCUT2D eigenvalue weighted by Gasteiger charge is 2.32. The number of rotatable bonds is 4. The van der Waals surface area contributed by atoms with Crippen LogP contribution in [0.1, 0.15) is 13.8 Å². The van der Waals surface area contributed by atoms with Gasteiger partial charge in [0.2, 0.25) is 20.0 Å². The van der Waals surface area contributed by atoms with Crippen molar-refractivity contribution in [2.45, 2.75) is 35.7 Å². The first-order valence-corrected chi connectivity index (χ1v) is 11.7. The van der Waals surface area contributed by atoms with E-state index >= 15 is 0 Å². The smallest absolute Gasteiger partial charge is 0.243 e. The number of nitrogens with zero attached hydrogens (tertiary/aromatic N) is 2. The second kappa shape index (κ2) is 10.0. The molecule has 0 aromatic heterocycles. The zero-order chi connectivity index (χ0) is 18.9. The number of benzene rings is 1. The Morgan fingerprint density at radius 1 is 0.821 bits per heavy atom. The van der Waals surface area contributed by atoms with Crippen molar-refractivity contribution in [3.63, 3.8) is 0 Å². The quantitative estimate of drug-likeness (QED) is 0.658. The van der Waals surface area contributed by atoms with E-state index in [0.717, 1.165) is 0 Å². The first-order valence-electron chi connectivity index (χ1n) is 8.78. The predicted octanol–water partition coefficient (Wildman–Crippen LogP) is 0.495. The maximum absolute atomic E-state index is 12.9. The molecule has 12 heteroatoms. The van der Waals surface area contributed by atoms with Gasteiger partial charge in [-0.25, -0.2) is 16.8 Å². The molecule has 8 nitrogen and oxygen atoms in total. The van der Waals surface area contributed by atoms with E-state index < -0.39 is 20.0 Å². The molecule has 28 heavy (non-hydrogen) atoms. The minimum atomic E-state index is -3.72. The lowest BCUT2D eigenvalue weighted by molar-refractivity contribution is 0.309. The topological polar surface area (TPSA) is 98.8 Å². The average molecular weight is 475 g/mol. The minimum absolute atomic E-state index is 0.